The molecule has 0 atom stereocenters. The SMILES string of the molecule is CCCOc1ccccc1/C=C/C(=O)Oc1ccc(C=C(C#N)C#N)cc1. The van der Waals surface area contributed by atoms with E-state index in [2.05, 4.69) is 0 Å². The summed E-state index contributed by atoms with van der Waals surface area (Å²) < 4.78 is 10.9. The van der Waals surface area contributed by atoms with Gasteiger partial charge in [0.1, 0.15) is 29.2 Å². The van der Waals surface area contributed by atoms with Crippen LogP contribution in [0.15, 0.2) is 60.2 Å². The molecule has 0 heterocycles. The van der Waals surface area contributed by atoms with Gasteiger partial charge >= 0.3 is 5.97 Å². The lowest BCUT2D eigenvalue weighted by Crippen LogP contribution is -2.03. The fourth-order valence-electron chi connectivity index (χ4n) is 2.16. The quantitative estimate of drug-likeness (QED) is 0.314. The molecule has 0 amide bonds. The number of esters is 1. The summed E-state index contributed by atoms with van der Waals surface area (Å²) in [5.41, 5.74) is 1.47. The van der Waals surface area contributed by atoms with Gasteiger partial charge in [-0.3, -0.25) is 0 Å². The molecule has 0 aliphatic rings. The minimum atomic E-state index is -0.515. The third-order valence-corrected chi connectivity index (χ3v) is 3.43. The highest BCUT2D eigenvalue weighted by molar-refractivity contribution is 5.89. The van der Waals surface area contributed by atoms with Crippen LogP contribution in [0.4, 0.5) is 0 Å². The molecule has 0 aliphatic heterocycles. The zero-order valence-electron chi connectivity index (χ0n) is 14.9. The standard InChI is InChI=1S/C22H18N2O3/c1-2-13-26-21-6-4-3-5-19(21)9-12-22(25)27-20-10-7-17(8-11-20)14-18(15-23)16-24/h3-12,14H,2,13H2,1H3/b12-9+. The van der Waals surface area contributed by atoms with Crippen molar-refractivity contribution < 1.29 is 14.3 Å². The second kappa shape index (κ2) is 10.2. The first-order valence-corrected chi connectivity index (χ1v) is 8.40. The predicted octanol–water partition coefficient (Wildman–Crippen LogP) is 4.52. The normalized spacial score (nSPS) is 9.89. The number of rotatable bonds is 7. The second-order valence-corrected chi connectivity index (χ2v) is 5.49. The van der Waals surface area contributed by atoms with E-state index in [4.69, 9.17) is 20.0 Å². The van der Waals surface area contributed by atoms with E-state index < -0.39 is 5.97 Å². The van der Waals surface area contributed by atoms with Crippen molar-refractivity contribution in [2.24, 2.45) is 0 Å². The van der Waals surface area contributed by atoms with Crippen LogP contribution in [0.25, 0.3) is 12.2 Å². The van der Waals surface area contributed by atoms with Gasteiger partial charge in [0.25, 0.3) is 0 Å². The van der Waals surface area contributed by atoms with Crippen LogP contribution in [0.5, 0.6) is 11.5 Å². The molecular weight excluding hydrogens is 340 g/mol. The summed E-state index contributed by atoms with van der Waals surface area (Å²) in [5, 5.41) is 17.5. The van der Waals surface area contributed by atoms with E-state index >= 15 is 0 Å². The maximum atomic E-state index is 12.0. The summed E-state index contributed by atoms with van der Waals surface area (Å²) in [5.74, 6) is 0.566. The summed E-state index contributed by atoms with van der Waals surface area (Å²) >= 11 is 0. The molecular formula is C22H18N2O3. The summed E-state index contributed by atoms with van der Waals surface area (Å²) in [6.45, 7) is 2.63. The number of hydrogen-bond acceptors (Lipinski definition) is 5. The number of nitriles is 2. The van der Waals surface area contributed by atoms with Gasteiger partial charge in [-0.25, -0.2) is 4.79 Å². The van der Waals surface area contributed by atoms with Crippen LogP contribution in [-0.4, -0.2) is 12.6 Å². The Morgan fingerprint density at radius 1 is 1.07 bits per heavy atom. The number of carbonyl (C=O) groups is 1. The Hall–Kier alpha value is -3.83. The largest absolute Gasteiger partial charge is 0.493 e. The van der Waals surface area contributed by atoms with E-state index in [0.717, 1.165) is 12.0 Å². The van der Waals surface area contributed by atoms with Crippen LogP contribution in [-0.2, 0) is 4.79 Å². The topological polar surface area (TPSA) is 83.1 Å². The van der Waals surface area contributed by atoms with Gasteiger partial charge in [-0.2, -0.15) is 10.5 Å². The van der Waals surface area contributed by atoms with Gasteiger partial charge < -0.3 is 9.47 Å². The van der Waals surface area contributed by atoms with Crippen molar-refractivity contribution in [3.63, 3.8) is 0 Å². The molecule has 5 heteroatoms. The molecule has 0 fully saturated rings. The summed E-state index contributed by atoms with van der Waals surface area (Å²) in [6.07, 6.45) is 5.34. The fraction of sp³-hybridized carbons (Fsp3) is 0.136. The van der Waals surface area contributed by atoms with Gasteiger partial charge in [0.2, 0.25) is 0 Å². The predicted molar refractivity (Wildman–Crippen MR) is 103 cm³/mol. The van der Waals surface area contributed by atoms with Gasteiger partial charge in [0.15, 0.2) is 0 Å². The summed E-state index contributed by atoms with van der Waals surface area (Å²) in [7, 11) is 0. The molecule has 0 radical (unpaired) electrons. The van der Waals surface area contributed by atoms with Gasteiger partial charge in [-0.05, 0) is 42.3 Å². The van der Waals surface area contributed by atoms with Crippen molar-refractivity contribution in [2.45, 2.75) is 13.3 Å². The highest BCUT2D eigenvalue weighted by atomic mass is 16.5. The van der Waals surface area contributed by atoms with Crippen molar-refractivity contribution in [1.29, 1.82) is 10.5 Å². The molecule has 0 N–H and O–H groups in total. The summed E-state index contributed by atoms with van der Waals surface area (Å²) in [4.78, 5) is 12.0. The van der Waals surface area contributed by atoms with Crippen molar-refractivity contribution in [2.75, 3.05) is 6.61 Å². The third-order valence-electron chi connectivity index (χ3n) is 3.43. The fourth-order valence-corrected chi connectivity index (χ4v) is 2.16. The molecule has 0 aliphatic carbocycles. The van der Waals surface area contributed by atoms with Crippen LogP contribution in [0, 0.1) is 22.7 Å². The Kier molecular flexibility index (Phi) is 7.38. The molecule has 0 bridgehead atoms. The molecule has 0 saturated carbocycles. The average Bonchev–Trinajstić information content (AvgIpc) is 2.70. The zero-order valence-corrected chi connectivity index (χ0v) is 14.9. The number of nitrogens with zero attached hydrogens (tertiary/aromatic N) is 2. The van der Waals surface area contributed by atoms with Crippen LogP contribution < -0.4 is 9.47 Å². The number of carbonyl (C=O) groups excluding carboxylic acids is 1. The van der Waals surface area contributed by atoms with Crippen LogP contribution in [0.2, 0.25) is 0 Å². The molecule has 2 aromatic carbocycles. The Morgan fingerprint density at radius 2 is 1.78 bits per heavy atom. The molecule has 0 saturated heterocycles. The number of hydrogen-bond donors (Lipinski definition) is 0. The third kappa shape index (κ3) is 6.19. The molecule has 2 rings (SSSR count). The molecule has 0 aromatic heterocycles. The molecule has 134 valence electrons. The lowest BCUT2D eigenvalue weighted by molar-refractivity contribution is -0.128. The van der Waals surface area contributed by atoms with E-state index in [1.165, 1.54) is 12.2 Å². The van der Waals surface area contributed by atoms with Crippen molar-refractivity contribution in [3.8, 4) is 23.6 Å². The number of allylic oxidation sites excluding steroid dienone is 1. The smallest absolute Gasteiger partial charge is 0.336 e. The monoisotopic (exact) mass is 358 g/mol. The van der Waals surface area contributed by atoms with E-state index in [0.29, 0.717) is 23.7 Å². The van der Waals surface area contributed by atoms with Crippen molar-refractivity contribution in [1.82, 2.24) is 0 Å². The van der Waals surface area contributed by atoms with E-state index in [-0.39, 0.29) is 5.57 Å². The lowest BCUT2D eigenvalue weighted by Gasteiger charge is -2.07. The molecule has 2 aromatic rings. The zero-order chi connectivity index (χ0) is 19.5. The number of ether oxygens (including phenoxy) is 2. The second-order valence-electron chi connectivity index (χ2n) is 5.49. The van der Waals surface area contributed by atoms with Crippen LogP contribution in [0.1, 0.15) is 24.5 Å². The molecule has 0 spiro atoms. The Morgan fingerprint density at radius 3 is 2.44 bits per heavy atom. The van der Waals surface area contributed by atoms with Gasteiger partial charge in [-0.15, -0.1) is 0 Å². The van der Waals surface area contributed by atoms with Gasteiger partial charge in [0.05, 0.1) is 6.61 Å². The lowest BCUT2D eigenvalue weighted by atomic mass is 10.1. The van der Waals surface area contributed by atoms with Crippen molar-refractivity contribution in [3.05, 3.63) is 71.3 Å². The Labute approximate surface area is 158 Å². The Balaban J connectivity index is 2.02. The first-order chi connectivity index (χ1) is 13.2. The summed E-state index contributed by atoms with van der Waals surface area (Å²) in [6, 6.07) is 17.6. The first kappa shape index (κ1) is 19.5. The minimum Gasteiger partial charge on any atom is -0.493 e. The Bertz CT molecular complexity index is 913. The van der Waals surface area contributed by atoms with Gasteiger partial charge in [-0.1, -0.05) is 37.3 Å². The number of para-hydroxylation sites is 1. The maximum Gasteiger partial charge on any atom is 0.336 e. The van der Waals surface area contributed by atoms with Crippen molar-refractivity contribution >= 4 is 18.1 Å². The molecule has 27 heavy (non-hydrogen) atoms. The average molecular weight is 358 g/mol. The van der Waals surface area contributed by atoms with E-state index in [1.54, 1.807) is 42.5 Å². The van der Waals surface area contributed by atoms with E-state index in [1.807, 2.05) is 31.2 Å². The highest BCUT2D eigenvalue weighted by Crippen LogP contribution is 2.20. The van der Waals surface area contributed by atoms with E-state index in [9.17, 15) is 4.79 Å². The molecule has 0 unspecified atom stereocenters. The van der Waals surface area contributed by atoms with Gasteiger partial charge in [0, 0.05) is 11.6 Å². The number of benzene rings is 2. The first-order valence-electron chi connectivity index (χ1n) is 8.40. The van der Waals surface area contributed by atoms with Crippen LogP contribution in [0.3, 0.4) is 0 Å². The molecule has 5 nitrogen and oxygen atoms in total. The maximum absolute atomic E-state index is 12.0. The van der Waals surface area contributed by atoms with Crippen LogP contribution >= 0.6 is 0 Å². The minimum absolute atomic E-state index is 0.00614. The highest BCUT2D eigenvalue weighted by Gasteiger charge is 2.03.